The first-order valence-electron chi connectivity index (χ1n) is 36.7. The van der Waals surface area contributed by atoms with Crippen molar-refractivity contribution in [3.63, 3.8) is 0 Å². The molecule has 82 heavy (non-hydrogen) atoms. The Labute approximate surface area is 526 Å². The zero-order valence-electron chi connectivity index (χ0n) is 55.3. The van der Waals surface area contributed by atoms with Crippen molar-refractivity contribution in [2.75, 3.05) is 37.1 Å². The number of carbonyl (C=O) groups is 3. The molecule has 0 amide bonds. The van der Waals surface area contributed by atoms with Crippen LogP contribution in [0.15, 0.2) is 0 Å². The normalized spacial score (nSPS) is 11.6. The molecule has 0 radical (unpaired) electrons. The minimum absolute atomic E-state index is 0.0192. The van der Waals surface area contributed by atoms with E-state index in [0.717, 1.165) is 94.3 Å². The lowest BCUT2D eigenvalue weighted by molar-refractivity contribution is -0.144. The Kier molecular flexibility index (Phi) is 73.3. The summed E-state index contributed by atoms with van der Waals surface area (Å²) in [4.78, 5) is 37.3. The second-order valence-electron chi connectivity index (χ2n) is 24.7. The molecule has 0 aromatic rings. The van der Waals surface area contributed by atoms with Gasteiger partial charge in [0.15, 0.2) is 0 Å². The molecule has 0 aromatic heterocycles. The number of rotatable bonds is 72. The summed E-state index contributed by atoms with van der Waals surface area (Å²) in [6, 6.07) is 0. The van der Waals surface area contributed by atoms with Gasteiger partial charge in [-0.3, -0.25) is 14.4 Å². The topological polar surface area (TPSA) is 78.9 Å². The highest BCUT2D eigenvalue weighted by Gasteiger charge is 2.13. The molecule has 0 saturated heterocycles. The van der Waals surface area contributed by atoms with Gasteiger partial charge in [0.25, 0.3) is 0 Å². The van der Waals surface area contributed by atoms with Crippen molar-refractivity contribution in [3.8, 4) is 0 Å². The van der Waals surface area contributed by atoms with Crippen LogP contribution in [-0.4, -0.2) is 55.0 Å². The van der Waals surface area contributed by atoms with Crippen LogP contribution in [0.3, 0.4) is 0 Å². The van der Waals surface area contributed by atoms with Crippen LogP contribution in [0.4, 0.5) is 0 Å². The highest BCUT2D eigenvalue weighted by Crippen LogP contribution is 2.70. The van der Waals surface area contributed by atoms with E-state index in [2.05, 4.69) is 54.9 Å². The van der Waals surface area contributed by atoms with E-state index in [1.165, 1.54) is 289 Å². The molecule has 0 atom stereocenters. The summed E-state index contributed by atoms with van der Waals surface area (Å²) in [6.45, 7) is 8.62. The van der Waals surface area contributed by atoms with Crippen LogP contribution in [0.5, 0.6) is 0 Å². The molecule has 0 rings (SSSR count). The Hall–Kier alpha value is -0.110. The standard InChI is InChI=1S/C72H141O6PS3/c1-4-7-10-13-16-19-22-25-28-31-34-37-40-43-46-55-64-76-70(73)61-52-49-58-67-80-79(81-68-59-50-53-62-71(74)77-65-56-47-44-41-38-35-32-29-26-23-20-17-14-11-8-5-2)82-69-60-51-54-63-72(75)78-66-57-48-45-42-39-36-33-30-27-24-21-18-15-12-9-6-3/h4-69H2,1-3H3. The molecule has 0 fully saturated rings. The highest BCUT2D eigenvalue weighted by atomic mass is 33.4. The molecule has 0 aliphatic rings. The first kappa shape index (κ1) is 81.9. The Balaban J connectivity index is 4.21. The lowest BCUT2D eigenvalue weighted by Gasteiger charge is -2.15. The average molecular weight is 1230 g/mol. The second-order valence-corrected chi connectivity index (χ2v) is 34.9. The van der Waals surface area contributed by atoms with Crippen molar-refractivity contribution in [2.45, 2.75) is 406 Å². The van der Waals surface area contributed by atoms with Gasteiger partial charge < -0.3 is 14.2 Å². The van der Waals surface area contributed by atoms with Crippen LogP contribution in [0.2, 0.25) is 0 Å². The number of ether oxygens (including phenoxy) is 3. The number of unbranched alkanes of at least 4 members (excludes halogenated alkanes) is 51. The number of esters is 3. The van der Waals surface area contributed by atoms with Crippen molar-refractivity contribution in [1.82, 2.24) is 0 Å². The van der Waals surface area contributed by atoms with Gasteiger partial charge in [-0.25, -0.2) is 0 Å². The molecule has 6 nitrogen and oxygen atoms in total. The zero-order valence-corrected chi connectivity index (χ0v) is 58.6. The van der Waals surface area contributed by atoms with E-state index in [9.17, 15) is 14.4 Å². The molecular formula is C72H141O6PS3. The summed E-state index contributed by atoms with van der Waals surface area (Å²) in [7, 11) is 0. The molecular weight excluding hydrogens is 1090 g/mol. The molecule has 488 valence electrons. The van der Waals surface area contributed by atoms with Gasteiger partial charge in [0, 0.05) is 19.3 Å². The maximum Gasteiger partial charge on any atom is 0.305 e. The predicted molar refractivity (Wildman–Crippen MR) is 371 cm³/mol. The lowest BCUT2D eigenvalue weighted by atomic mass is 10.0. The van der Waals surface area contributed by atoms with E-state index in [4.69, 9.17) is 14.2 Å². The molecule has 0 aliphatic carbocycles. The Morgan fingerprint density at radius 2 is 0.378 bits per heavy atom. The van der Waals surface area contributed by atoms with Crippen molar-refractivity contribution in [2.24, 2.45) is 0 Å². The molecule has 10 heteroatoms. The summed E-state index contributed by atoms with van der Waals surface area (Å²) in [5.41, 5.74) is -0.257. The van der Waals surface area contributed by atoms with E-state index < -0.39 is 0 Å². The highest BCUT2D eigenvalue weighted by molar-refractivity contribution is 9.12. The molecule has 0 bridgehead atoms. The van der Waals surface area contributed by atoms with Gasteiger partial charge in [0.2, 0.25) is 0 Å². The quantitative estimate of drug-likeness (QED) is 0.0256. The molecule has 0 heterocycles. The van der Waals surface area contributed by atoms with Gasteiger partial charge in [-0.05, 0) is 75.0 Å². The summed E-state index contributed by atoms with van der Waals surface area (Å²) < 4.78 is 16.8. The predicted octanol–water partition coefficient (Wildman–Crippen LogP) is 26.5. The van der Waals surface area contributed by atoms with Crippen molar-refractivity contribution in [1.29, 1.82) is 0 Å². The lowest BCUT2D eigenvalue weighted by Crippen LogP contribution is -2.05. The number of hydrogen-bond donors (Lipinski definition) is 0. The largest absolute Gasteiger partial charge is 0.466 e. The number of hydrogen-bond acceptors (Lipinski definition) is 9. The van der Waals surface area contributed by atoms with Gasteiger partial charge in [-0.15, -0.1) is 34.1 Å². The van der Waals surface area contributed by atoms with Gasteiger partial charge in [0.1, 0.15) is 0 Å². The fourth-order valence-electron chi connectivity index (χ4n) is 10.9. The van der Waals surface area contributed by atoms with Crippen LogP contribution in [0.1, 0.15) is 406 Å². The minimum atomic E-state index is -0.257. The molecule has 0 unspecified atom stereocenters. The first-order valence-corrected chi connectivity index (χ1v) is 42.8. The van der Waals surface area contributed by atoms with Gasteiger partial charge >= 0.3 is 17.9 Å². The van der Waals surface area contributed by atoms with Crippen LogP contribution < -0.4 is 0 Å². The van der Waals surface area contributed by atoms with Crippen molar-refractivity contribution < 1.29 is 28.6 Å². The third-order valence-electron chi connectivity index (χ3n) is 16.4. The average Bonchev–Trinajstić information content (AvgIpc) is 3.47. The summed E-state index contributed by atoms with van der Waals surface area (Å²) in [5.74, 6) is 3.35. The van der Waals surface area contributed by atoms with E-state index in [1.54, 1.807) is 0 Å². The van der Waals surface area contributed by atoms with E-state index in [-0.39, 0.29) is 23.4 Å². The zero-order chi connectivity index (χ0) is 59.2. The van der Waals surface area contributed by atoms with Crippen LogP contribution in [0.25, 0.3) is 0 Å². The van der Waals surface area contributed by atoms with Crippen LogP contribution in [-0.2, 0) is 28.6 Å². The molecule has 0 aliphatic heterocycles. The van der Waals surface area contributed by atoms with Crippen LogP contribution in [0, 0.1) is 0 Å². The summed E-state index contributed by atoms with van der Waals surface area (Å²) in [6.07, 6.45) is 75.9. The fourth-order valence-corrected chi connectivity index (χ4v) is 21.8. The summed E-state index contributed by atoms with van der Waals surface area (Å²) in [5, 5.41) is 0. The first-order chi connectivity index (χ1) is 40.5. The van der Waals surface area contributed by atoms with Gasteiger partial charge in [-0.2, -0.15) is 0 Å². The Morgan fingerprint density at radius 3 is 0.561 bits per heavy atom. The van der Waals surface area contributed by atoms with E-state index in [1.807, 2.05) is 0 Å². The molecule has 0 aromatic carbocycles. The molecule has 0 spiro atoms. The molecule has 0 saturated carbocycles. The van der Waals surface area contributed by atoms with E-state index >= 15 is 0 Å². The third-order valence-corrected chi connectivity index (χ3v) is 27.7. The van der Waals surface area contributed by atoms with Gasteiger partial charge in [-0.1, -0.05) is 329 Å². The minimum Gasteiger partial charge on any atom is -0.466 e. The van der Waals surface area contributed by atoms with Crippen LogP contribution >= 0.6 is 39.7 Å². The second kappa shape index (κ2) is 73.4. The molecule has 0 N–H and O–H groups in total. The summed E-state index contributed by atoms with van der Waals surface area (Å²) >= 11 is 6.38. The van der Waals surface area contributed by atoms with Gasteiger partial charge in [0.05, 0.1) is 25.3 Å². The van der Waals surface area contributed by atoms with E-state index in [0.29, 0.717) is 39.1 Å². The smallest absolute Gasteiger partial charge is 0.305 e. The number of carbonyl (C=O) groups excluding carboxylic acids is 3. The maximum absolute atomic E-state index is 12.4. The Bertz CT molecular complexity index is 1110. The SMILES string of the molecule is CCCCCCCCCCCCCCCCCCOC(=O)CCCCCSP(SCCCCCC(=O)OCCCCCCCCCCCCCCCCCC)SCCCCCC(=O)OCCCCCCCCCCCCCCCCCC. The van der Waals surface area contributed by atoms with Crippen molar-refractivity contribution >= 4 is 57.6 Å². The fraction of sp³-hybridized carbons (Fsp3) is 0.958. The van der Waals surface area contributed by atoms with Crippen molar-refractivity contribution in [3.05, 3.63) is 0 Å². The monoisotopic (exact) mass is 1230 g/mol. The Morgan fingerprint density at radius 1 is 0.220 bits per heavy atom. The third kappa shape index (κ3) is 70.7. The maximum atomic E-state index is 12.4.